The molecule has 288 valence electrons. The van der Waals surface area contributed by atoms with Crippen molar-refractivity contribution < 1.29 is 49.0 Å². The molecule has 49 heavy (non-hydrogen) atoms. The molecule has 1 heterocycles. The number of esters is 2. The van der Waals surface area contributed by atoms with E-state index in [1.54, 1.807) is 0 Å². The molecule has 0 bridgehead atoms. The summed E-state index contributed by atoms with van der Waals surface area (Å²) >= 11 is 0. The van der Waals surface area contributed by atoms with Crippen molar-refractivity contribution in [2.24, 2.45) is 0 Å². The van der Waals surface area contributed by atoms with Crippen molar-refractivity contribution in [1.29, 1.82) is 0 Å². The molecule has 6 unspecified atom stereocenters. The third kappa shape index (κ3) is 23.5. The summed E-state index contributed by atoms with van der Waals surface area (Å²) in [5.41, 5.74) is 0. The van der Waals surface area contributed by atoms with Gasteiger partial charge in [0.1, 0.15) is 31.0 Å². The van der Waals surface area contributed by atoms with Crippen LogP contribution in [0.2, 0.25) is 0 Å². The second-order valence-electron chi connectivity index (χ2n) is 13.7. The third-order valence-electron chi connectivity index (χ3n) is 9.15. The van der Waals surface area contributed by atoms with Crippen LogP contribution in [-0.4, -0.2) is 89.0 Å². The van der Waals surface area contributed by atoms with E-state index in [0.29, 0.717) is 6.42 Å². The smallest absolute Gasteiger partial charge is 0.306 e. The van der Waals surface area contributed by atoms with E-state index in [9.17, 15) is 30.0 Å². The Labute approximate surface area is 297 Å². The summed E-state index contributed by atoms with van der Waals surface area (Å²) in [6.45, 7) is 3.36. The minimum Gasteiger partial charge on any atom is -0.462 e. The average Bonchev–Trinajstić information content (AvgIpc) is 3.10. The van der Waals surface area contributed by atoms with E-state index < -0.39 is 49.4 Å². The number of unbranched alkanes of at least 4 members (excludes halogenated alkanes) is 19. The lowest BCUT2D eigenvalue weighted by molar-refractivity contribution is -0.305. The van der Waals surface area contributed by atoms with Crippen LogP contribution in [0.4, 0.5) is 0 Å². The molecule has 0 spiro atoms. The van der Waals surface area contributed by atoms with Gasteiger partial charge in [0.15, 0.2) is 12.4 Å². The van der Waals surface area contributed by atoms with Crippen molar-refractivity contribution in [3.05, 3.63) is 12.2 Å². The highest BCUT2D eigenvalue weighted by Crippen LogP contribution is 2.22. The van der Waals surface area contributed by atoms with Crippen molar-refractivity contribution in [3.63, 3.8) is 0 Å². The molecule has 10 heteroatoms. The van der Waals surface area contributed by atoms with Crippen LogP contribution >= 0.6 is 0 Å². The predicted octanol–water partition coefficient (Wildman–Crippen LogP) is 7.22. The SMILES string of the molecule is CCCC/C=C\CCCCCCCC(=O)OC(COC(=O)CCCCCCCCCCCCCCC)COC1OC(CO)C(O)C(O)C1O. The molecule has 1 fully saturated rings. The topological polar surface area (TPSA) is 152 Å². The van der Waals surface area contributed by atoms with E-state index >= 15 is 0 Å². The van der Waals surface area contributed by atoms with Crippen molar-refractivity contribution in [2.45, 2.75) is 205 Å². The van der Waals surface area contributed by atoms with Crippen molar-refractivity contribution in [3.8, 4) is 0 Å². The number of hydrogen-bond acceptors (Lipinski definition) is 10. The summed E-state index contributed by atoms with van der Waals surface area (Å²) in [4.78, 5) is 25.1. The van der Waals surface area contributed by atoms with Gasteiger partial charge in [0.25, 0.3) is 0 Å². The standard InChI is InChI=1S/C39H72O10/c1-3-5-7-9-11-13-15-16-18-19-21-23-25-27-34(41)46-30-32(31-47-39-38(45)37(44)36(43)33(29-40)49-39)48-35(42)28-26-24-22-20-17-14-12-10-8-6-4-2/h10,12,32-33,36-40,43-45H,3-9,11,13-31H2,1-2H3/b12-10-. The Balaban J connectivity index is 2.39. The van der Waals surface area contributed by atoms with Gasteiger partial charge in [0, 0.05) is 12.8 Å². The third-order valence-corrected chi connectivity index (χ3v) is 9.15. The number of allylic oxidation sites excluding steroid dienone is 2. The van der Waals surface area contributed by atoms with Crippen LogP contribution in [0.25, 0.3) is 0 Å². The molecule has 1 saturated heterocycles. The molecule has 0 amide bonds. The van der Waals surface area contributed by atoms with Crippen molar-refractivity contribution in [2.75, 3.05) is 19.8 Å². The van der Waals surface area contributed by atoms with Crippen LogP contribution < -0.4 is 0 Å². The van der Waals surface area contributed by atoms with Gasteiger partial charge in [-0.3, -0.25) is 9.59 Å². The molecule has 0 aromatic heterocycles. The zero-order chi connectivity index (χ0) is 36.0. The number of aliphatic hydroxyl groups excluding tert-OH is 4. The van der Waals surface area contributed by atoms with Crippen LogP contribution in [0.1, 0.15) is 168 Å². The maximum absolute atomic E-state index is 12.7. The average molecular weight is 701 g/mol. The Morgan fingerprint density at radius 2 is 1.10 bits per heavy atom. The first-order chi connectivity index (χ1) is 23.8. The summed E-state index contributed by atoms with van der Waals surface area (Å²) in [7, 11) is 0. The number of aliphatic hydroxyl groups is 4. The fraction of sp³-hybridized carbons (Fsp3) is 0.897. The molecule has 1 rings (SSSR count). The quantitative estimate of drug-likeness (QED) is 0.0322. The second-order valence-corrected chi connectivity index (χ2v) is 13.7. The molecular weight excluding hydrogens is 628 g/mol. The fourth-order valence-electron chi connectivity index (χ4n) is 5.93. The second kappa shape index (κ2) is 31.2. The van der Waals surface area contributed by atoms with Crippen LogP contribution in [0.5, 0.6) is 0 Å². The van der Waals surface area contributed by atoms with Gasteiger partial charge in [-0.05, 0) is 32.1 Å². The normalized spacial score (nSPS) is 21.6. The highest BCUT2D eigenvalue weighted by Gasteiger charge is 2.44. The lowest BCUT2D eigenvalue weighted by atomic mass is 9.99. The van der Waals surface area contributed by atoms with E-state index in [4.69, 9.17) is 18.9 Å². The number of carbonyl (C=O) groups is 2. The van der Waals surface area contributed by atoms with E-state index in [1.807, 2.05) is 0 Å². The molecular formula is C39H72O10. The molecule has 0 radical (unpaired) electrons. The number of hydrogen-bond donors (Lipinski definition) is 4. The number of carbonyl (C=O) groups excluding carboxylic acids is 2. The highest BCUT2D eigenvalue weighted by atomic mass is 16.7. The number of ether oxygens (including phenoxy) is 4. The van der Waals surface area contributed by atoms with Gasteiger partial charge in [0.05, 0.1) is 13.2 Å². The zero-order valence-electron chi connectivity index (χ0n) is 30.9. The fourth-order valence-corrected chi connectivity index (χ4v) is 5.93. The largest absolute Gasteiger partial charge is 0.462 e. The first-order valence-corrected chi connectivity index (χ1v) is 19.8. The Hall–Kier alpha value is -1.56. The first-order valence-electron chi connectivity index (χ1n) is 19.8. The minimum atomic E-state index is -1.59. The summed E-state index contributed by atoms with van der Waals surface area (Å²) in [6, 6.07) is 0. The monoisotopic (exact) mass is 701 g/mol. The molecule has 0 saturated carbocycles. The van der Waals surface area contributed by atoms with Crippen molar-refractivity contribution in [1.82, 2.24) is 0 Å². The summed E-state index contributed by atoms with van der Waals surface area (Å²) in [5.74, 6) is -0.814. The lowest BCUT2D eigenvalue weighted by Gasteiger charge is -2.39. The first kappa shape index (κ1) is 45.5. The van der Waals surface area contributed by atoms with Gasteiger partial charge in [-0.15, -0.1) is 0 Å². The van der Waals surface area contributed by atoms with Gasteiger partial charge in [-0.1, -0.05) is 135 Å². The van der Waals surface area contributed by atoms with Gasteiger partial charge < -0.3 is 39.4 Å². The Morgan fingerprint density at radius 3 is 1.65 bits per heavy atom. The molecule has 0 aliphatic carbocycles. The lowest BCUT2D eigenvalue weighted by Crippen LogP contribution is -2.59. The molecule has 0 aromatic carbocycles. The summed E-state index contributed by atoms with van der Waals surface area (Å²) < 4.78 is 22.0. The van der Waals surface area contributed by atoms with Crippen LogP contribution in [-0.2, 0) is 28.5 Å². The van der Waals surface area contributed by atoms with Gasteiger partial charge in [-0.2, -0.15) is 0 Å². The maximum atomic E-state index is 12.7. The molecule has 1 aliphatic heterocycles. The predicted molar refractivity (Wildman–Crippen MR) is 192 cm³/mol. The molecule has 6 atom stereocenters. The molecule has 1 aliphatic rings. The number of rotatable bonds is 32. The van der Waals surface area contributed by atoms with Gasteiger partial charge >= 0.3 is 11.9 Å². The van der Waals surface area contributed by atoms with Gasteiger partial charge in [0.2, 0.25) is 0 Å². The Bertz CT molecular complexity index is 820. The van der Waals surface area contributed by atoms with Crippen LogP contribution in [0, 0.1) is 0 Å². The van der Waals surface area contributed by atoms with Crippen molar-refractivity contribution >= 4 is 11.9 Å². The van der Waals surface area contributed by atoms with E-state index in [-0.39, 0.29) is 32.0 Å². The molecule has 4 N–H and O–H groups in total. The van der Waals surface area contributed by atoms with Crippen LogP contribution in [0.15, 0.2) is 12.2 Å². The maximum Gasteiger partial charge on any atom is 0.306 e. The van der Waals surface area contributed by atoms with Crippen LogP contribution in [0.3, 0.4) is 0 Å². The van der Waals surface area contributed by atoms with Gasteiger partial charge in [-0.25, -0.2) is 0 Å². The zero-order valence-corrected chi connectivity index (χ0v) is 30.9. The van der Waals surface area contributed by atoms with E-state index in [2.05, 4.69) is 26.0 Å². The highest BCUT2D eigenvalue weighted by molar-refractivity contribution is 5.70. The summed E-state index contributed by atoms with van der Waals surface area (Å²) in [5, 5.41) is 39.9. The Morgan fingerprint density at radius 1 is 0.612 bits per heavy atom. The summed E-state index contributed by atoms with van der Waals surface area (Å²) in [6.07, 6.45) is 22.2. The Kier molecular flexibility index (Phi) is 28.9. The van der Waals surface area contributed by atoms with E-state index in [0.717, 1.165) is 57.8 Å². The molecule has 10 nitrogen and oxygen atoms in total. The minimum absolute atomic E-state index is 0.216. The molecule has 0 aromatic rings. The van der Waals surface area contributed by atoms with E-state index in [1.165, 1.54) is 77.0 Å².